The predicted octanol–water partition coefficient (Wildman–Crippen LogP) is 2.69. The van der Waals surface area contributed by atoms with Crippen molar-refractivity contribution in [3.8, 4) is 11.1 Å². The second-order valence-corrected chi connectivity index (χ2v) is 3.66. The van der Waals surface area contributed by atoms with Crippen LogP contribution in [0.15, 0.2) is 30.5 Å². The topological polar surface area (TPSA) is 51.8 Å². The van der Waals surface area contributed by atoms with Crippen molar-refractivity contribution in [2.45, 2.75) is 6.92 Å². The summed E-state index contributed by atoms with van der Waals surface area (Å²) in [5.41, 5.74) is 8.41. The molecule has 2 N–H and O–H groups in total. The van der Waals surface area contributed by atoms with E-state index in [0.29, 0.717) is 5.15 Å². The van der Waals surface area contributed by atoms with Crippen LogP contribution in [-0.4, -0.2) is 9.97 Å². The molecule has 2 rings (SSSR count). The Bertz CT molecular complexity index is 480. The summed E-state index contributed by atoms with van der Waals surface area (Å²) in [6.45, 7) is 2.03. The summed E-state index contributed by atoms with van der Waals surface area (Å²) in [5, 5.41) is 0.381. The van der Waals surface area contributed by atoms with Crippen molar-refractivity contribution < 1.29 is 0 Å². The maximum Gasteiger partial charge on any atom is 0.221 e. The minimum absolute atomic E-state index is 0.191. The van der Waals surface area contributed by atoms with Crippen LogP contribution in [0.25, 0.3) is 11.1 Å². The Labute approximate surface area is 92.9 Å². The number of nitrogen functional groups attached to an aromatic ring is 1. The second-order valence-electron chi connectivity index (χ2n) is 3.30. The number of halogens is 1. The Morgan fingerprint density at radius 2 is 1.87 bits per heavy atom. The molecule has 15 heavy (non-hydrogen) atoms. The zero-order valence-corrected chi connectivity index (χ0v) is 8.99. The molecule has 0 atom stereocenters. The van der Waals surface area contributed by atoms with Crippen LogP contribution < -0.4 is 5.73 Å². The maximum atomic E-state index is 5.97. The number of rotatable bonds is 1. The van der Waals surface area contributed by atoms with Crippen LogP contribution >= 0.6 is 11.6 Å². The van der Waals surface area contributed by atoms with E-state index in [9.17, 15) is 0 Å². The summed E-state index contributed by atoms with van der Waals surface area (Å²) in [7, 11) is 0. The number of aromatic nitrogens is 2. The Hall–Kier alpha value is -1.61. The first-order valence-corrected chi connectivity index (χ1v) is 4.89. The quantitative estimate of drug-likeness (QED) is 0.751. The van der Waals surface area contributed by atoms with Gasteiger partial charge in [-0.25, -0.2) is 9.97 Å². The SMILES string of the molecule is Cc1ccc(-c2cnc(N)nc2Cl)cc1. The van der Waals surface area contributed by atoms with Gasteiger partial charge >= 0.3 is 0 Å². The highest BCUT2D eigenvalue weighted by Gasteiger charge is 2.05. The molecular weight excluding hydrogens is 210 g/mol. The average molecular weight is 220 g/mol. The Balaban J connectivity index is 2.49. The summed E-state index contributed by atoms with van der Waals surface area (Å²) in [6, 6.07) is 8.00. The monoisotopic (exact) mass is 219 g/mol. The van der Waals surface area contributed by atoms with Crippen molar-refractivity contribution in [2.75, 3.05) is 5.73 Å². The second kappa shape index (κ2) is 3.87. The predicted molar refractivity (Wildman–Crippen MR) is 61.6 cm³/mol. The minimum atomic E-state index is 0.191. The Kier molecular flexibility index (Phi) is 2.56. The lowest BCUT2D eigenvalue weighted by Gasteiger charge is -2.03. The molecule has 0 saturated heterocycles. The van der Waals surface area contributed by atoms with E-state index in [1.165, 1.54) is 5.56 Å². The average Bonchev–Trinajstić information content (AvgIpc) is 2.20. The molecule has 1 aromatic heterocycles. The van der Waals surface area contributed by atoms with Crippen LogP contribution in [0.1, 0.15) is 5.56 Å². The molecule has 0 aliphatic carbocycles. The third kappa shape index (κ3) is 2.07. The van der Waals surface area contributed by atoms with Gasteiger partial charge < -0.3 is 5.73 Å². The fourth-order valence-corrected chi connectivity index (χ4v) is 1.54. The van der Waals surface area contributed by atoms with Gasteiger partial charge in [-0.05, 0) is 12.5 Å². The lowest BCUT2D eigenvalue weighted by atomic mass is 10.1. The molecule has 0 aliphatic rings. The van der Waals surface area contributed by atoms with Crippen LogP contribution in [0.2, 0.25) is 5.15 Å². The molecule has 0 spiro atoms. The van der Waals surface area contributed by atoms with Crippen LogP contribution in [0.3, 0.4) is 0 Å². The molecule has 0 fully saturated rings. The molecule has 1 aromatic carbocycles. The van der Waals surface area contributed by atoms with Crippen LogP contribution in [0.5, 0.6) is 0 Å². The van der Waals surface area contributed by atoms with E-state index in [1.807, 2.05) is 31.2 Å². The molecule has 0 unspecified atom stereocenters. The third-order valence-electron chi connectivity index (χ3n) is 2.12. The van der Waals surface area contributed by atoms with Crippen molar-refractivity contribution in [1.82, 2.24) is 9.97 Å². The molecule has 2 aromatic rings. The van der Waals surface area contributed by atoms with Gasteiger partial charge in [0.2, 0.25) is 5.95 Å². The van der Waals surface area contributed by atoms with Gasteiger partial charge in [0.15, 0.2) is 0 Å². The number of nitrogens with two attached hydrogens (primary N) is 1. The van der Waals surface area contributed by atoms with Crippen molar-refractivity contribution in [1.29, 1.82) is 0 Å². The third-order valence-corrected chi connectivity index (χ3v) is 2.41. The smallest absolute Gasteiger partial charge is 0.221 e. The van der Waals surface area contributed by atoms with Crippen molar-refractivity contribution in [3.63, 3.8) is 0 Å². The highest BCUT2D eigenvalue weighted by atomic mass is 35.5. The number of hydrogen-bond acceptors (Lipinski definition) is 3. The molecule has 0 saturated carbocycles. The van der Waals surface area contributed by atoms with Gasteiger partial charge in [0.25, 0.3) is 0 Å². The first kappa shape index (κ1) is 9.93. The van der Waals surface area contributed by atoms with Crippen LogP contribution in [0, 0.1) is 6.92 Å². The zero-order valence-electron chi connectivity index (χ0n) is 8.24. The molecule has 0 amide bonds. The highest BCUT2D eigenvalue weighted by molar-refractivity contribution is 6.32. The lowest BCUT2D eigenvalue weighted by molar-refractivity contribution is 1.19. The lowest BCUT2D eigenvalue weighted by Crippen LogP contribution is -1.95. The highest BCUT2D eigenvalue weighted by Crippen LogP contribution is 2.25. The summed E-state index contributed by atoms with van der Waals surface area (Å²) in [4.78, 5) is 7.83. The van der Waals surface area contributed by atoms with Gasteiger partial charge in [0.05, 0.1) is 0 Å². The normalized spacial score (nSPS) is 10.3. The summed E-state index contributed by atoms with van der Waals surface area (Å²) in [6.07, 6.45) is 1.63. The Morgan fingerprint density at radius 1 is 1.20 bits per heavy atom. The van der Waals surface area contributed by atoms with E-state index in [0.717, 1.165) is 11.1 Å². The molecule has 0 radical (unpaired) electrons. The molecule has 4 heteroatoms. The maximum absolute atomic E-state index is 5.97. The molecule has 0 bridgehead atoms. The standard InChI is InChI=1S/C11H10ClN3/c1-7-2-4-8(5-3-7)9-6-14-11(13)15-10(9)12/h2-6H,1H3,(H2,13,14,15). The van der Waals surface area contributed by atoms with Gasteiger partial charge in [-0.3, -0.25) is 0 Å². The van der Waals surface area contributed by atoms with Crippen molar-refractivity contribution in [2.24, 2.45) is 0 Å². The first-order valence-electron chi connectivity index (χ1n) is 4.52. The van der Waals surface area contributed by atoms with Crippen LogP contribution in [-0.2, 0) is 0 Å². The Morgan fingerprint density at radius 3 is 2.47 bits per heavy atom. The molecule has 1 heterocycles. The first-order chi connectivity index (χ1) is 7.16. The van der Waals surface area contributed by atoms with E-state index >= 15 is 0 Å². The summed E-state index contributed by atoms with van der Waals surface area (Å²) < 4.78 is 0. The summed E-state index contributed by atoms with van der Waals surface area (Å²) in [5.74, 6) is 0.191. The van der Waals surface area contributed by atoms with Crippen molar-refractivity contribution in [3.05, 3.63) is 41.2 Å². The van der Waals surface area contributed by atoms with Gasteiger partial charge in [-0.15, -0.1) is 0 Å². The van der Waals surface area contributed by atoms with E-state index < -0.39 is 0 Å². The van der Waals surface area contributed by atoms with Gasteiger partial charge in [0, 0.05) is 11.8 Å². The molecule has 76 valence electrons. The van der Waals surface area contributed by atoms with Gasteiger partial charge in [-0.1, -0.05) is 41.4 Å². The fourth-order valence-electron chi connectivity index (χ4n) is 1.30. The number of nitrogens with zero attached hydrogens (tertiary/aromatic N) is 2. The fraction of sp³-hybridized carbons (Fsp3) is 0.0909. The largest absolute Gasteiger partial charge is 0.368 e. The molecule has 0 aliphatic heterocycles. The van der Waals surface area contributed by atoms with Crippen molar-refractivity contribution >= 4 is 17.5 Å². The summed E-state index contributed by atoms with van der Waals surface area (Å²) >= 11 is 5.97. The number of hydrogen-bond donors (Lipinski definition) is 1. The molecule has 3 nitrogen and oxygen atoms in total. The molecular formula is C11H10ClN3. The van der Waals surface area contributed by atoms with Gasteiger partial charge in [-0.2, -0.15) is 0 Å². The van der Waals surface area contributed by atoms with Gasteiger partial charge in [0.1, 0.15) is 5.15 Å². The van der Waals surface area contributed by atoms with Crippen LogP contribution in [0.4, 0.5) is 5.95 Å². The van der Waals surface area contributed by atoms with E-state index in [-0.39, 0.29) is 5.95 Å². The van der Waals surface area contributed by atoms with E-state index in [2.05, 4.69) is 9.97 Å². The number of benzene rings is 1. The van der Waals surface area contributed by atoms with E-state index in [1.54, 1.807) is 6.20 Å². The number of aryl methyl sites for hydroxylation is 1. The minimum Gasteiger partial charge on any atom is -0.368 e. The van der Waals surface area contributed by atoms with E-state index in [4.69, 9.17) is 17.3 Å². The number of anilines is 1. The zero-order chi connectivity index (χ0) is 10.8.